The van der Waals surface area contributed by atoms with Gasteiger partial charge in [-0.3, -0.25) is 20.2 Å². The second kappa shape index (κ2) is 10.3. The first kappa shape index (κ1) is 24.1. The molecule has 0 unspecified atom stereocenters. The highest BCUT2D eigenvalue weighted by Gasteiger charge is 2.27. The molecule has 8 nitrogen and oxygen atoms in total. The number of carbonyl (C=O) groups excluding carboxylic acids is 1. The number of aryl methyl sites for hydroxylation is 2. The molecule has 0 radical (unpaired) electrons. The van der Waals surface area contributed by atoms with E-state index in [-0.39, 0.29) is 16.4 Å². The Hall–Kier alpha value is -3.60. The van der Waals surface area contributed by atoms with Crippen LogP contribution in [0.4, 0.5) is 19.6 Å². The molecule has 0 saturated heterocycles. The summed E-state index contributed by atoms with van der Waals surface area (Å²) in [4.78, 5) is 28.7. The molecule has 1 aromatic heterocycles. The second-order valence-corrected chi connectivity index (χ2v) is 8.18. The molecule has 174 valence electrons. The van der Waals surface area contributed by atoms with E-state index in [1.54, 1.807) is 0 Å². The number of benzene rings is 2. The highest BCUT2D eigenvalue weighted by Crippen LogP contribution is 2.37. The van der Waals surface area contributed by atoms with Crippen LogP contribution < -0.4 is 14.8 Å². The van der Waals surface area contributed by atoms with Crippen molar-refractivity contribution >= 4 is 28.1 Å². The molecule has 11 heteroatoms. The average molecular weight is 477 g/mol. The maximum absolute atomic E-state index is 12.8. The monoisotopic (exact) mass is 477 g/mol. The number of thiazole rings is 1. The number of methoxy groups -OCH3 is 1. The zero-order chi connectivity index (χ0) is 24.1. The Morgan fingerprint density at radius 1 is 1.24 bits per heavy atom. The van der Waals surface area contributed by atoms with Crippen LogP contribution in [0.15, 0.2) is 36.4 Å². The largest absolute Gasteiger partial charge is 0.493 e. The number of alkyl halides is 2. The van der Waals surface area contributed by atoms with Crippen molar-refractivity contribution in [1.29, 1.82) is 0 Å². The van der Waals surface area contributed by atoms with Crippen LogP contribution in [0, 0.1) is 17.0 Å². The summed E-state index contributed by atoms with van der Waals surface area (Å²) in [5.74, 6) is -1.62. The number of halogens is 2. The Balaban J connectivity index is 1.89. The minimum atomic E-state index is -3.22. The zero-order valence-electron chi connectivity index (χ0n) is 18.1. The number of nitrogens with one attached hydrogen (secondary N) is 1. The van der Waals surface area contributed by atoms with Crippen LogP contribution in [0.2, 0.25) is 0 Å². The lowest BCUT2D eigenvalue weighted by molar-refractivity contribution is -0.385. The van der Waals surface area contributed by atoms with Gasteiger partial charge in [-0.2, -0.15) is 8.78 Å². The third kappa shape index (κ3) is 5.61. The number of hydrogen-bond donors (Lipinski definition) is 1. The van der Waals surface area contributed by atoms with Gasteiger partial charge in [0.05, 0.1) is 23.8 Å². The standard InChI is InChI=1S/C22H21F2N3O5S/c1-4-5-13-6-8-14(9-7-13)19-12(2)33-22(25-19)26-20(28)15-10-17(31-3)18(32-21(23)24)11-16(15)27(29)30/h6-11,21H,4-5H2,1-3H3,(H,25,26,28). The van der Waals surface area contributed by atoms with Gasteiger partial charge in [-0.25, -0.2) is 4.98 Å². The van der Waals surface area contributed by atoms with Crippen LogP contribution in [0.3, 0.4) is 0 Å². The molecule has 1 heterocycles. The maximum Gasteiger partial charge on any atom is 0.387 e. The van der Waals surface area contributed by atoms with Crippen molar-refractivity contribution < 1.29 is 28.0 Å². The highest BCUT2D eigenvalue weighted by molar-refractivity contribution is 7.16. The first-order valence-corrected chi connectivity index (χ1v) is 10.7. The van der Waals surface area contributed by atoms with Gasteiger partial charge in [0.25, 0.3) is 11.6 Å². The van der Waals surface area contributed by atoms with Gasteiger partial charge in [-0.1, -0.05) is 37.6 Å². The average Bonchev–Trinajstić information content (AvgIpc) is 3.13. The summed E-state index contributed by atoms with van der Waals surface area (Å²) in [6.45, 7) is 0.739. The summed E-state index contributed by atoms with van der Waals surface area (Å²) < 4.78 is 34.5. The maximum atomic E-state index is 12.8. The summed E-state index contributed by atoms with van der Waals surface area (Å²) in [7, 11) is 1.17. The topological polar surface area (TPSA) is 104 Å². The number of hydrogen-bond acceptors (Lipinski definition) is 7. The number of aromatic nitrogens is 1. The van der Waals surface area contributed by atoms with Crippen LogP contribution in [-0.2, 0) is 6.42 Å². The fourth-order valence-corrected chi connectivity index (χ4v) is 4.06. The van der Waals surface area contributed by atoms with Gasteiger partial charge in [0.2, 0.25) is 0 Å². The first-order chi connectivity index (χ1) is 15.7. The number of carbonyl (C=O) groups is 1. The van der Waals surface area contributed by atoms with Crippen LogP contribution in [-0.4, -0.2) is 29.5 Å². The number of nitro groups is 1. The molecule has 1 amide bonds. The van der Waals surface area contributed by atoms with E-state index in [0.717, 1.165) is 35.4 Å². The number of rotatable bonds is 9. The number of nitrogens with zero attached hydrogens (tertiary/aromatic N) is 2. The fraction of sp³-hybridized carbons (Fsp3) is 0.273. The predicted molar refractivity (Wildman–Crippen MR) is 121 cm³/mol. The number of ether oxygens (including phenoxy) is 2. The molecule has 1 N–H and O–H groups in total. The SMILES string of the molecule is CCCc1ccc(-c2nc(NC(=O)c3cc(OC)c(OC(F)F)cc3[N+](=O)[O-])sc2C)cc1. The number of nitro benzene ring substituents is 1. The van der Waals surface area contributed by atoms with Crippen molar-refractivity contribution in [2.45, 2.75) is 33.3 Å². The lowest BCUT2D eigenvalue weighted by atomic mass is 10.1. The van der Waals surface area contributed by atoms with Crippen LogP contribution in [0.1, 0.15) is 34.1 Å². The molecule has 0 saturated carbocycles. The molecule has 33 heavy (non-hydrogen) atoms. The van der Waals surface area contributed by atoms with Crippen LogP contribution in [0.25, 0.3) is 11.3 Å². The lowest BCUT2D eigenvalue weighted by Crippen LogP contribution is -2.15. The molecule has 0 aliphatic heterocycles. The number of anilines is 1. The highest BCUT2D eigenvalue weighted by atomic mass is 32.1. The Morgan fingerprint density at radius 2 is 1.94 bits per heavy atom. The van der Waals surface area contributed by atoms with E-state index in [4.69, 9.17) is 4.74 Å². The zero-order valence-corrected chi connectivity index (χ0v) is 18.9. The summed E-state index contributed by atoms with van der Waals surface area (Å²) >= 11 is 1.21. The van der Waals surface area contributed by atoms with Crippen LogP contribution in [0.5, 0.6) is 11.5 Å². The molecule has 3 rings (SSSR count). The van der Waals surface area contributed by atoms with Gasteiger partial charge in [0.1, 0.15) is 5.56 Å². The lowest BCUT2D eigenvalue weighted by Gasteiger charge is -2.11. The van der Waals surface area contributed by atoms with E-state index in [9.17, 15) is 23.7 Å². The molecule has 3 aromatic rings. The van der Waals surface area contributed by atoms with Gasteiger partial charge < -0.3 is 9.47 Å². The Labute approximate surface area is 192 Å². The minimum Gasteiger partial charge on any atom is -0.493 e. The smallest absolute Gasteiger partial charge is 0.387 e. The third-order valence-corrected chi connectivity index (χ3v) is 5.61. The van der Waals surface area contributed by atoms with Gasteiger partial charge >= 0.3 is 6.61 Å². The summed E-state index contributed by atoms with van der Waals surface area (Å²) in [5.41, 5.74) is 1.69. The normalized spacial score (nSPS) is 10.8. The van der Waals surface area contributed by atoms with Crippen LogP contribution >= 0.6 is 11.3 Å². The molecule has 0 aliphatic rings. The Kier molecular flexibility index (Phi) is 7.54. The van der Waals surface area contributed by atoms with Gasteiger partial charge in [0.15, 0.2) is 16.6 Å². The summed E-state index contributed by atoms with van der Waals surface area (Å²) in [5, 5.41) is 14.3. The predicted octanol–water partition coefficient (Wildman–Crippen LogP) is 5.84. The van der Waals surface area contributed by atoms with Crippen molar-refractivity contribution in [1.82, 2.24) is 4.98 Å². The van der Waals surface area contributed by atoms with E-state index in [2.05, 4.69) is 22.0 Å². The van der Waals surface area contributed by atoms with Crippen molar-refractivity contribution in [2.24, 2.45) is 0 Å². The van der Waals surface area contributed by atoms with Crippen molar-refractivity contribution in [3.8, 4) is 22.8 Å². The van der Waals surface area contributed by atoms with E-state index >= 15 is 0 Å². The van der Waals surface area contributed by atoms with E-state index in [1.165, 1.54) is 24.0 Å². The molecular formula is C22H21F2N3O5S. The second-order valence-electron chi connectivity index (χ2n) is 6.98. The van der Waals surface area contributed by atoms with Gasteiger partial charge in [-0.05, 0) is 18.9 Å². The summed E-state index contributed by atoms with van der Waals surface area (Å²) in [6.07, 6.45) is 2.01. The van der Waals surface area contributed by atoms with Crippen molar-refractivity contribution in [3.05, 3.63) is 62.5 Å². The number of amides is 1. The van der Waals surface area contributed by atoms with Gasteiger partial charge in [-0.15, -0.1) is 11.3 Å². The Morgan fingerprint density at radius 3 is 2.52 bits per heavy atom. The molecule has 0 bridgehead atoms. The third-order valence-electron chi connectivity index (χ3n) is 4.72. The molecular weight excluding hydrogens is 456 g/mol. The molecule has 0 aliphatic carbocycles. The van der Waals surface area contributed by atoms with Gasteiger partial charge in [0, 0.05) is 16.5 Å². The van der Waals surface area contributed by atoms with Crippen molar-refractivity contribution in [2.75, 3.05) is 12.4 Å². The quantitative estimate of drug-likeness (QED) is 0.307. The molecule has 0 atom stereocenters. The molecule has 0 spiro atoms. The van der Waals surface area contributed by atoms with E-state index in [1.807, 2.05) is 31.2 Å². The van der Waals surface area contributed by atoms with Crippen molar-refractivity contribution in [3.63, 3.8) is 0 Å². The fourth-order valence-electron chi connectivity index (χ4n) is 3.23. The first-order valence-electron chi connectivity index (χ1n) is 9.92. The minimum absolute atomic E-state index is 0.241. The molecule has 2 aromatic carbocycles. The van der Waals surface area contributed by atoms with E-state index in [0.29, 0.717) is 5.69 Å². The van der Waals surface area contributed by atoms with E-state index < -0.39 is 28.9 Å². The summed E-state index contributed by atoms with van der Waals surface area (Å²) in [6, 6.07) is 9.67. The Bertz CT molecular complexity index is 1170. The molecule has 0 fully saturated rings.